The molecule has 1 saturated carbocycles. The van der Waals surface area contributed by atoms with Crippen LogP contribution in [0, 0.1) is 5.92 Å². The van der Waals surface area contributed by atoms with Crippen molar-refractivity contribution in [1.82, 2.24) is 9.29 Å². The van der Waals surface area contributed by atoms with E-state index in [9.17, 15) is 8.42 Å². The fourth-order valence-corrected chi connectivity index (χ4v) is 4.30. The molecule has 0 amide bonds. The molecule has 2 atom stereocenters. The molecule has 0 radical (unpaired) electrons. The molecule has 2 unspecified atom stereocenters. The van der Waals surface area contributed by atoms with E-state index in [4.69, 9.17) is 5.73 Å². The van der Waals surface area contributed by atoms with Gasteiger partial charge in [0.25, 0.3) is 0 Å². The average Bonchev–Trinajstić information content (AvgIpc) is 2.96. The molecule has 6 heteroatoms. The van der Waals surface area contributed by atoms with Gasteiger partial charge in [-0.05, 0) is 38.7 Å². The first kappa shape index (κ1) is 15.5. The fourth-order valence-electron chi connectivity index (χ4n) is 2.88. The normalized spacial score (nSPS) is 23.6. The molecule has 114 valence electrons. The maximum absolute atomic E-state index is 12.5. The van der Waals surface area contributed by atoms with Crippen LogP contribution in [0.4, 0.5) is 0 Å². The van der Waals surface area contributed by atoms with E-state index >= 15 is 0 Å². The summed E-state index contributed by atoms with van der Waals surface area (Å²) in [5, 5.41) is 0. The first-order valence-electron chi connectivity index (χ1n) is 7.28. The smallest absolute Gasteiger partial charge is 0.242 e. The van der Waals surface area contributed by atoms with Crippen LogP contribution < -0.4 is 10.5 Å². The van der Waals surface area contributed by atoms with E-state index in [0.717, 1.165) is 25.0 Å². The number of hydrogen-bond acceptors (Lipinski definition) is 3. The minimum Gasteiger partial charge on any atom is -0.346 e. The summed E-state index contributed by atoms with van der Waals surface area (Å²) in [6, 6.07) is 1.94. The van der Waals surface area contributed by atoms with Crippen LogP contribution in [0.25, 0.3) is 0 Å². The molecule has 5 nitrogen and oxygen atoms in total. The summed E-state index contributed by atoms with van der Waals surface area (Å²) in [6.45, 7) is 6.47. The maximum Gasteiger partial charge on any atom is 0.242 e. The van der Waals surface area contributed by atoms with Crippen LogP contribution in [0.1, 0.15) is 51.8 Å². The van der Waals surface area contributed by atoms with E-state index in [2.05, 4.69) is 11.6 Å². The molecule has 0 bridgehead atoms. The monoisotopic (exact) mass is 299 g/mol. The molecule has 1 heterocycles. The lowest BCUT2D eigenvalue weighted by atomic mass is 10.1. The molecule has 1 fully saturated rings. The van der Waals surface area contributed by atoms with E-state index < -0.39 is 10.0 Å². The summed E-state index contributed by atoms with van der Waals surface area (Å²) < 4.78 is 29.7. The molecule has 0 aromatic carbocycles. The third kappa shape index (κ3) is 3.07. The van der Waals surface area contributed by atoms with Crippen molar-refractivity contribution in [2.24, 2.45) is 11.7 Å². The molecule has 1 aliphatic carbocycles. The summed E-state index contributed by atoms with van der Waals surface area (Å²) in [4.78, 5) is 0.325. The van der Waals surface area contributed by atoms with Crippen molar-refractivity contribution < 1.29 is 8.42 Å². The number of rotatable bonds is 5. The zero-order chi connectivity index (χ0) is 14.9. The van der Waals surface area contributed by atoms with Crippen LogP contribution in [0.5, 0.6) is 0 Å². The molecular formula is C14H25N3O2S. The van der Waals surface area contributed by atoms with Crippen LogP contribution in [0.2, 0.25) is 0 Å². The minimum atomic E-state index is -3.45. The van der Waals surface area contributed by atoms with Crippen molar-refractivity contribution in [2.75, 3.05) is 0 Å². The number of hydrogen-bond donors (Lipinski definition) is 2. The average molecular weight is 299 g/mol. The SMILES string of the molecule is CC1CCCC1NS(=O)(=O)c1cc(CN)n(C(C)C)c1. The van der Waals surface area contributed by atoms with Gasteiger partial charge in [0.05, 0.1) is 4.90 Å². The van der Waals surface area contributed by atoms with Gasteiger partial charge in [-0.1, -0.05) is 13.3 Å². The van der Waals surface area contributed by atoms with Gasteiger partial charge < -0.3 is 10.3 Å². The molecule has 3 N–H and O–H groups in total. The summed E-state index contributed by atoms with van der Waals surface area (Å²) >= 11 is 0. The van der Waals surface area contributed by atoms with Gasteiger partial charge in [-0.25, -0.2) is 13.1 Å². The number of sulfonamides is 1. The summed E-state index contributed by atoms with van der Waals surface area (Å²) in [6.07, 6.45) is 4.80. The standard InChI is InChI=1S/C14H25N3O2S/c1-10(2)17-9-13(7-12(17)8-15)20(18,19)16-14-6-4-5-11(14)3/h7,9-11,14,16H,4-6,8,15H2,1-3H3. The molecule has 0 spiro atoms. The lowest BCUT2D eigenvalue weighted by molar-refractivity contribution is 0.476. The predicted molar refractivity (Wildman–Crippen MR) is 79.8 cm³/mol. The Labute approximate surface area is 121 Å². The van der Waals surface area contributed by atoms with Gasteiger partial charge in [0, 0.05) is 30.5 Å². The quantitative estimate of drug-likeness (QED) is 0.873. The fraction of sp³-hybridized carbons (Fsp3) is 0.714. The van der Waals surface area contributed by atoms with Crippen LogP contribution >= 0.6 is 0 Å². The summed E-state index contributed by atoms with van der Waals surface area (Å²) in [5.41, 5.74) is 6.54. The Balaban J connectivity index is 2.25. The highest BCUT2D eigenvalue weighted by molar-refractivity contribution is 7.89. The highest BCUT2D eigenvalue weighted by atomic mass is 32.2. The first-order valence-corrected chi connectivity index (χ1v) is 8.76. The molecule has 1 aromatic heterocycles. The lowest BCUT2D eigenvalue weighted by Gasteiger charge is -2.16. The van der Waals surface area contributed by atoms with Crippen LogP contribution in [-0.4, -0.2) is 19.0 Å². The molecule has 0 aliphatic heterocycles. The van der Waals surface area contributed by atoms with E-state index in [1.165, 1.54) is 0 Å². The van der Waals surface area contributed by atoms with E-state index in [1.54, 1.807) is 12.3 Å². The van der Waals surface area contributed by atoms with Crippen molar-refractivity contribution in [3.63, 3.8) is 0 Å². The second-order valence-corrected chi connectivity index (χ2v) is 7.72. The number of aromatic nitrogens is 1. The Morgan fingerprint density at radius 3 is 2.60 bits per heavy atom. The van der Waals surface area contributed by atoms with Crippen molar-refractivity contribution >= 4 is 10.0 Å². The van der Waals surface area contributed by atoms with Gasteiger partial charge in [-0.15, -0.1) is 0 Å². The van der Waals surface area contributed by atoms with Crippen molar-refractivity contribution in [2.45, 2.75) is 63.6 Å². The van der Waals surface area contributed by atoms with Crippen molar-refractivity contribution in [3.8, 4) is 0 Å². The number of nitrogens with two attached hydrogens (primary N) is 1. The first-order chi connectivity index (χ1) is 9.35. The highest BCUT2D eigenvalue weighted by Crippen LogP contribution is 2.27. The molecule has 20 heavy (non-hydrogen) atoms. The van der Waals surface area contributed by atoms with Crippen molar-refractivity contribution in [3.05, 3.63) is 18.0 Å². The molecule has 1 aliphatic rings. The van der Waals surface area contributed by atoms with Gasteiger partial charge in [0.15, 0.2) is 0 Å². The maximum atomic E-state index is 12.5. The van der Waals surface area contributed by atoms with Crippen LogP contribution in [0.15, 0.2) is 17.2 Å². The van der Waals surface area contributed by atoms with Crippen LogP contribution in [0.3, 0.4) is 0 Å². The largest absolute Gasteiger partial charge is 0.346 e. The molecular weight excluding hydrogens is 274 g/mol. The second-order valence-electron chi connectivity index (χ2n) is 6.01. The number of nitrogens with one attached hydrogen (secondary N) is 1. The Kier molecular flexibility index (Phi) is 4.56. The van der Waals surface area contributed by atoms with Gasteiger partial charge in [-0.2, -0.15) is 0 Å². The zero-order valence-corrected chi connectivity index (χ0v) is 13.3. The van der Waals surface area contributed by atoms with E-state index in [1.807, 2.05) is 18.4 Å². The second kappa shape index (κ2) is 5.87. The highest BCUT2D eigenvalue weighted by Gasteiger charge is 2.29. The predicted octanol–water partition coefficient (Wildman–Crippen LogP) is 1.99. The van der Waals surface area contributed by atoms with Gasteiger partial charge in [0.1, 0.15) is 0 Å². The van der Waals surface area contributed by atoms with Gasteiger partial charge in [0.2, 0.25) is 10.0 Å². The van der Waals surface area contributed by atoms with Gasteiger partial charge in [-0.3, -0.25) is 0 Å². The Morgan fingerprint density at radius 2 is 2.15 bits per heavy atom. The van der Waals surface area contributed by atoms with Crippen molar-refractivity contribution in [1.29, 1.82) is 0 Å². The third-order valence-corrected chi connectivity index (χ3v) is 5.61. The van der Waals surface area contributed by atoms with Crippen LogP contribution in [-0.2, 0) is 16.6 Å². The van der Waals surface area contributed by atoms with Gasteiger partial charge >= 0.3 is 0 Å². The Bertz CT molecular complexity index is 563. The topological polar surface area (TPSA) is 77.1 Å². The molecule has 1 aromatic rings. The minimum absolute atomic E-state index is 0.0590. The third-order valence-electron chi connectivity index (χ3n) is 4.15. The van der Waals surface area contributed by atoms with E-state index in [0.29, 0.717) is 17.4 Å². The Morgan fingerprint density at radius 1 is 1.45 bits per heavy atom. The number of nitrogens with zero attached hydrogens (tertiary/aromatic N) is 1. The Hall–Kier alpha value is -0.850. The molecule has 2 rings (SSSR count). The lowest BCUT2D eigenvalue weighted by Crippen LogP contribution is -2.36. The molecule has 0 saturated heterocycles. The van der Waals surface area contributed by atoms with E-state index in [-0.39, 0.29) is 12.1 Å². The zero-order valence-electron chi connectivity index (χ0n) is 12.5. The summed E-state index contributed by atoms with van der Waals surface area (Å²) in [5.74, 6) is 0.408. The summed E-state index contributed by atoms with van der Waals surface area (Å²) in [7, 11) is -3.45.